The van der Waals surface area contributed by atoms with Crippen molar-refractivity contribution in [2.75, 3.05) is 19.7 Å². The molecule has 18 heavy (non-hydrogen) atoms. The van der Waals surface area contributed by atoms with Crippen molar-refractivity contribution in [3.8, 4) is 0 Å². The Balaban J connectivity index is 3.08. The highest BCUT2D eigenvalue weighted by Crippen LogP contribution is 2.18. The lowest BCUT2D eigenvalue weighted by Crippen LogP contribution is -2.33. The largest absolute Gasteiger partial charge is 0.395 e. The van der Waals surface area contributed by atoms with Crippen LogP contribution in [0.4, 0.5) is 5.69 Å². The van der Waals surface area contributed by atoms with E-state index in [2.05, 4.69) is 0 Å². The molecule has 6 heteroatoms. The van der Waals surface area contributed by atoms with Gasteiger partial charge in [0, 0.05) is 30.8 Å². The molecule has 1 rings (SSSR count). The Morgan fingerprint density at radius 1 is 1.44 bits per heavy atom. The van der Waals surface area contributed by atoms with E-state index in [1.165, 1.54) is 17.0 Å². The van der Waals surface area contributed by atoms with Gasteiger partial charge in [-0.2, -0.15) is 0 Å². The summed E-state index contributed by atoms with van der Waals surface area (Å²) in [5, 5.41) is 19.6. The molecule has 0 unspecified atom stereocenters. The van der Waals surface area contributed by atoms with E-state index in [0.717, 1.165) is 0 Å². The SMILES string of the molecule is CCN(CCO)C(=O)c1cc(C)cc([N+](=O)[O-])c1. The zero-order chi connectivity index (χ0) is 13.7. The van der Waals surface area contributed by atoms with Crippen molar-refractivity contribution >= 4 is 11.6 Å². The Morgan fingerprint density at radius 2 is 2.11 bits per heavy atom. The van der Waals surface area contributed by atoms with E-state index in [0.29, 0.717) is 12.1 Å². The van der Waals surface area contributed by atoms with E-state index in [-0.39, 0.29) is 30.3 Å². The smallest absolute Gasteiger partial charge is 0.270 e. The van der Waals surface area contributed by atoms with Crippen LogP contribution in [0.5, 0.6) is 0 Å². The van der Waals surface area contributed by atoms with Crippen LogP contribution >= 0.6 is 0 Å². The number of benzene rings is 1. The molecule has 1 aromatic rings. The van der Waals surface area contributed by atoms with Crippen LogP contribution in [0, 0.1) is 17.0 Å². The molecule has 0 aromatic heterocycles. The number of hydrogen-bond acceptors (Lipinski definition) is 4. The average molecular weight is 252 g/mol. The van der Waals surface area contributed by atoms with Crippen molar-refractivity contribution in [2.24, 2.45) is 0 Å². The monoisotopic (exact) mass is 252 g/mol. The molecule has 1 aromatic carbocycles. The molecule has 0 aliphatic heterocycles. The van der Waals surface area contributed by atoms with Crippen molar-refractivity contribution in [1.82, 2.24) is 4.90 Å². The van der Waals surface area contributed by atoms with Gasteiger partial charge in [-0.1, -0.05) is 0 Å². The molecule has 0 saturated heterocycles. The molecule has 0 fully saturated rings. The summed E-state index contributed by atoms with van der Waals surface area (Å²) in [4.78, 5) is 23.7. The van der Waals surface area contributed by atoms with Gasteiger partial charge in [-0.3, -0.25) is 14.9 Å². The number of aliphatic hydroxyl groups is 1. The van der Waals surface area contributed by atoms with Crippen molar-refractivity contribution in [1.29, 1.82) is 0 Å². The summed E-state index contributed by atoms with van der Waals surface area (Å²) in [6.45, 7) is 4.02. The third kappa shape index (κ3) is 3.27. The second kappa shape index (κ2) is 6.11. The van der Waals surface area contributed by atoms with Crippen LogP contribution < -0.4 is 0 Å². The number of carbonyl (C=O) groups is 1. The van der Waals surface area contributed by atoms with Gasteiger partial charge in [0.15, 0.2) is 0 Å². The Labute approximate surface area is 105 Å². The lowest BCUT2D eigenvalue weighted by molar-refractivity contribution is -0.384. The number of nitro groups is 1. The molecule has 0 atom stereocenters. The number of nitrogens with zero attached hydrogens (tertiary/aromatic N) is 2. The molecule has 0 spiro atoms. The zero-order valence-electron chi connectivity index (χ0n) is 10.4. The summed E-state index contributed by atoms with van der Waals surface area (Å²) < 4.78 is 0. The van der Waals surface area contributed by atoms with E-state index >= 15 is 0 Å². The highest BCUT2D eigenvalue weighted by atomic mass is 16.6. The summed E-state index contributed by atoms with van der Waals surface area (Å²) in [5.74, 6) is -0.307. The van der Waals surface area contributed by atoms with E-state index < -0.39 is 4.92 Å². The number of amides is 1. The Hall–Kier alpha value is -1.95. The first-order chi connectivity index (χ1) is 8.49. The summed E-state index contributed by atoms with van der Waals surface area (Å²) in [5.41, 5.74) is 0.836. The molecule has 1 N–H and O–H groups in total. The number of aliphatic hydroxyl groups excluding tert-OH is 1. The summed E-state index contributed by atoms with van der Waals surface area (Å²) >= 11 is 0. The molecule has 0 saturated carbocycles. The molecule has 6 nitrogen and oxygen atoms in total. The van der Waals surface area contributed by atoms with E-state index in [1.807, 2.05) is 0 Å². The average Bonchev–Trinajstić information content (AvgIpc) is 2.34. The second-order valence-corrected chi connectivity index (χ2v) is 3.92. The second-order valence-electron chi connectivity index (χ2n) is 3.92. The van der Waals surface area contributed by atoms with Gasteiger partial charge in [0.1, 0.15) is 0 Å². The quantitative estimate of drug-likeness (QED) is 0.633. The molecule has 0 bridgehead atoms. The summed E-state index contributed by atoms with van der Waals surface area (Å²) in [6.07, 6.45) is 0. The fourth-order valence-electron chi connectivity index (χ4n) is 1.70. The number of rotatable bonds is 5. The highest BCUT2D eigenvalue weighted by molar-refractivity contribution is 5.95. The first-order valence-electron chi connectivity index (χ1n) is 5.65. The van der Waals surface area contributed by atoms with Crippen molar-refractivity contribution in [3.63, 3.8) is 0 Å². The maximum atomic E-state index is 12.1. The minimum absolute atomic E-state index is 0.0987. The Bertz CT molecular complexity index is 459. The molecular weight excluding hydrogens is 236 g/mol. The van der Waals surface area contributed by atoms with E-state index in [9.17, 15) is 14.9 Å². The van der Waals surface area contributed by atoms with Gasteiger partial charge < -0.3 is 10.0 Å². The van der Waals surface area contributed by atoms with Crippen molar-refractivity contribution < 1.29 is 14.8 Å². The number of likely N-dealkylation sites (N-methyl/N-ethyl adjacent to an activating group) is 1. The number of non-ortho nitro benzene ring substituents is 1. The van der Waals surface area contributed by atoms with Gasteiger partial charge in [0.2, 0.25) is 0 Å². The maximum absolute atomic E-state index is 12.1. The maximum Gasteiger partial charge on any atom is 0.270 e. The standard InChI is InChI=1S/C12H16N2O4/c1-3-13(4-5-15)12(16)10-6-9(2)7-11(8-10)14(17)18/h6-8,15H,3-5H2,1-2H3. The Morgan fingerprint density at radius 3 is 2.61 bits per heavy atom. The third-order valence-corrected chi connectivity index (χ3v) is 2.56. The fraction of sp³-hybridized carbons (Fsp3) is 0.417. The summed E-state index contributed by atoms with van der Waals surface area (Å²) in [6, 6.07) is 4.28. The molecule has 0 heterocycles. The lowest BCUT2D eigenvalue weighted by Gasteiger charge is -2.19. The molecule has 0 aliphatic carbocycles. The third-order valence-electron chi connectivity index (χ3n) is 2.56. The van der Waals surface area contributed by atoms with Gasteiger partial charge in [0.05, 0.1) is 11.5 Å². The first kappa shape index (κ1) is 14.1. The number of hydrogen-bond donors (Lipinski definition) is 1. The van der Waals surface area contributed by atoms with E-state index in [4.69, 9.17) is 5.11 Å². The van der Waals surface area contributed by atoms with Crippen LogP contribution in [0.3, 0.4) is 0 Å². The molecule has 98 valence electrons. The molecular formula is C12H16N2O4. The van der Waals surface area contributed by atoms with Crippen LogP contribution in [0.1, 0.15) is 22.8 Å². The molecule has 1 amide bonds. The van der Waals surface area contributed by atoms with E-state index in [1.54, 1.807) is 19.9 Å². The van der Waals surface area contributed by atoms with Gasteiger partial charge in [-0.15, -0.1) is 0 Å². The minimum atomic E-state index is -0.522. The van der Waals surface area contributed by atoms with Gasteiger partial charge in [0.25, 0.3) is 11.6 Å². The minimum Gasteiger partial charge on any atom is -0.395 e. The van der Waals surface area contributed by atoms with Crippen LogP contribution in [0.2, 0.25) is 0 Å². The van der Waals surface area contributed by atoms with Crippen LogP contribution in [0.15, 0.2) is 18.2 Å². The predicted molar refractivity (Wildman–Crippen MR) is 66.5 cm³/mol. The van der Waals surface area contributed by atoms with Crippen molar-refractivity contribution in [3.05, 3.63) is 39.4 Å². The van der Waals surface area contributed by atoms with Crippen LogP contribution in [-0.2, 0) is 0 Å². The number of aryl methyl sites for hydroxylation is 1. The molecule has 0 radical (unpaired) electrons. The first-order valence-corrected chi connectivity index (χ1v) is 5.65. The van der Waals surface area contributed by atoms with Gasteiger partial charge in [-0.25, -0.2) is 0 Å². The Kier molecular flexibility index (Phi) is 4.79. The van der Waals surface area contributed by atoms with Crippen LogP contribution in [0.25, 0.3) is 0 Å². The number of carbonyl (C=O) groups excluding carboxylic acids is 1. The zero-order valence-corrected chi connectivity index (χ0v) is 10.4. The highest BCUT2D eigenvalue weighted by Gasteiger charge is 2.17. The van der Waals surface area contributed by atoms with Gasteiger partial charge >= 0.3 is 0 Å². The van der Waals surface area contributed by atoms with Gasteiger partial charge in [-0.05, 0) is 25.5 Å². The fourth-order valence-corrected chi connectivity index (χ4v) is 1.70. The topological polar surface area (TPSA) is 83.7 Å². The lowest BCUT2D eigenvalue weighted by atomic mass is 10.1. The number of nitro benzene ring substituents is 1. The predicted octanol–water partition coefficient (Wildman–Crippen LogP) is 1.36. The molecule has 0 aliphatic rings. The van der Waals surface area contributed by atoms with Crippen molar-refractivity contribution in [2.45, 2.75) is 13.8 Å². The summed E-state index contributed by atoms with van der Waals surface area (Å²) in [7, 11) is 0. The van der Waals surface area contributed by atoms with Crippen LogP contribution in [-0.4, -0.2) is 40.5 Å². The normalized spacial score (nSPS) is 10.2.